The Hall–Kier alpha value is -3.85. The second kappa shape index (κ2) is 10.8. The van der Waals surface area contributed by atoms with Gasteiger partial charge in [0, 0.05) is 0 Å². The van der Waals surface area contributed by atoms with Crippen LogP contribution in [0.5, 0.6) is 17.2 Å². The van der Waals surface area contributed by atoms with Gasteiger partial charge >= 0.3 is 5.97 Å². The van der Waals surface area contributed by atoms with Crippen LogP contribution >= 0.6 is 11.3 Å². The van der Waals surface area contributed by atoms with Gasteiger partial charge in [0.2, 0.25) is 0 Å². The van der Waals surface area contributed by atoms with Crippen LogP contribution in [0.2, 0.25) is 0 Å². The lowest BCUT2D eigenvalue weighted by Crippen LogP contribution is -2.39. The fraction of sp³-hybridized carbons (Fsp3) is 0.296. The highest BCUT2D eigenvalue weighted by atomic mass is 32.1. The molecule has 4 rings (SSSR count). The molecule has 0 radical (unpaired) electrons. The normalized spacial score (nSPS) is 15.3. The number of phenols is 1. The first kappa shape index (κ1) is 25.2. The Balaban J connectivity index is 1.89. The highest BCUT2D eigenvalue weighted by Gasteiger charge is 2.33. The van der Waals surface area contributed by atoms with Gasteiger partial charge in [0.15, 0.2) is 16.3 Å². The molecule has 2 aromatic carbocycles. The number of aromatic nitrogens is 1. The molecule has 0 unspecified atom stereocenters. The molecule has 0 bridgehead atoms. The number of allylic oxidation sites excluding steroid dienone is 1. The molecule has 1 aliphatic rings. The zero-order valence-corrected chi connectivity index (χ0v) is 21.4. The molecule has 0 spiro atoms. The smallest absolute Gasteiger partial charge is 0.338 e. The van der Waals surface area contributed by atoms with Crippen LogP contribution in [0.3, 0.4) is 0 Å². The number of hydrogen-bond donors (Lipinski definition) is 1. The average molecular weight is 509 g/mol. The highest BCUT2D eigenvalue weighted by Crippen LogP contribution is 2.32. The number of phenolic OH excluding ortho intramolecular Hbond substituents is 1. The van der Waals surface area contributed by atoms with E-state index >= 15 is 0 Å². The van der Waals surface area contributed by atoms with E-state index in [1.807, 2.05) is 38.1 Å². The first-order valence-corrected chi connectivity index (χ1v) is 12.6. The summed E-state index contributed by atoms with van der Waals surface area (Å²) in [4.78, 5) is 31.7. The van der Waals surface area contributed by atoms with Crippen molar-refractivity contribution >= 4 is 23.4 Å². The molecule has 1 N–H and O–H groups in total. The molecule has 0 saturated carbocycles. The lowest BCUT2D eigenvalue weighted by Gasteiger charge is -2.24. The van der Waals surface area contributed by atoms with Crippen LogP contribution in [0.4, 0.5) is 0 Å². The van der Waals surface area contributed by atoms with E-state index in [1.165, 1.54) is 22.0 Å². The third-order valence-electron chi connectivity index (χ3n) is 5.61. The quantitative estimate of drug-likeness (QED) is 0.469. The number of fused-ring (bicyclic) bond motifs is 1. The largest absolute Gasteiger partial charge is 0.504 e. The predicted octanol–water partition coefficient (Wildman–Crippen LogP) is 3.30. The molecular weight excluding hydrogens is 480 g/mol. The number of ether oxygens (including phenoxy) is 3. The van der Waals surface area contributed by atoms with Gasteiger partial charge in [-0.3, -0.25) is 9.36 Å². The fourth-order valence-corrected chi connectivity index (χ4v) is 5.11. The fourth-order valence-electron chi connectivity index (χ4n) is 4.06. The van der Waals surface area contributed by atoms with Gasteiger partial charge in [-0.2, -0.15) is 0 Å². The number of esters is 1. The highest BCUT2D eigenvalue weighted by molar-refractivity contribution is 7.07. The summed E-state index contributed by atoms with van der Waals surface area (Å²) < 4.78 is 18.3. The Morgan fingerprint density at radius 3 is 2.47 bits per heavy atom. The Labute approximate surface area is 212 Å². The van der Waals surface area contributed by atoms with Crippen molar-refractivity contribution in [3.05, 3.63) is 84.5 Å². The van der Waals surface area contributed by atoms with E-state index < -0.39 is 12.0 Å². The number of nitrogens with zero attached hydrogens (tertiary/aromatic N) is 2. The molecule has 0 fully saturated rings. The maximum atomic E-state index is 13.7. The molecule has 1 atom stereocenters. The van der Waals surface area contributed by atoms with Crippen LogP contribution in [0.1, 0.15) is 44.9 Å². The van der Waals surface area contributed by atoms with Crippen molar-refractivity contribution in [3.63, 3.8) is 0 Å². The molecule has 1 aliphatic heterocycles. The van der Waals surface area contributed by atoms with Crippen molar-refractivity contribution in [2.24, 2.45) is 4.99 Å². The van der Waals surface area contributed by atoms with E-state index in [-0.39, 0.29) is 17.9 Å². The molecular formula is C27H28N2O6S. The third kappa shape index (κ3) is 4.92. The van der Waals surface area contributed by atoms with E-state index in [0.29, 0.717) is 50.9 Å². The molecule has 0 amide bonds. The van der Waals surface area contributed by atoms with E-state index in [9.17, 15) is 14.7 Å². The van der Waals surface area contributed by atoms with Gasteiger partial charge in [0.25, 0.3) is 5.56 Å². The number of carbonyl (C=O) groups is 1. The summed E-state index contributed by atoms with van der Waals surface area (Å²) in [7, 11) is 0. The first-order valence-electron chi connectivity index (χ1n) is 11.8. The lowest BCUT2D eigenvalue weighted by molar-refractivity contribution is -0.139. The van der Waals surface area contributed by atoms with Crippen molar-refractivity contribution in [2.45, 2.75) is 33.7 Å². The average Bonchev–Trinajstić information content (AvgIpc) is 3.15. The van der Waals surface area contributed by atoms with Gasteiger partial charge < -0.3 is 19.3 Å². The van der Waals surface area contributed by atoms with Gasteiger partial charge in [-0.15, -0.1) is 0 Å². The predicted molar refractivity (Wildman–Crippen MR) is 137 cm³/mol. The number of benzene rings is 2. The zero-order valence-electron chi connectivity index (χ0n) is 20.6. The second-order valence-corrected chi connectivity index (χ2v) is 8.97. The van der Waals surface area contributed by atoms with Crippen molar-refractivity contribution < 1.29 is 24.1 Å². The van der Waals surface area contributed by atoms with Gasteiger partial charge in [0.05, 0.1) is 41.7 Å². The van der Waals surface area contributed by atoms with Crippen LogP contribution in [0.25, 0.3) is 6.08 Å². The third-order valence-corrected chi connectivity index (χ3v) is 6.59. The van der Waals surface area contributed by atoms with Crippen LogP contribution in [0.15, 0.2) is 63.5 Å². The van der Waals surface area contributed by atoms with Crippen LogP contribution in [-0.4, -0.2) is 35.5 Å². The van der Waals surface area contributed by atoms with E-state index in [2.05, 4.69) is 4.99 Å². The summed E-state index contributed by atoms with van der Waals surface area (Å²) in [5.74, 6) is 0.559. The minimum absolute atomic E-state index is 0.0284. The van der Waals surface area contributed by atoms with Gasteiger partial charge in [-0.25, -0.2) is 9.79 Å². The van der Waals surface area contributed by atoms with Crippen molar-refractivity contribution in [1.82, 2.24) is 4.57 Å². The molecule has 8 nitrogen and oxygen atoms in total. The van der Waals surface area contributed by atoms with Crippen LogP contribution in [-0.2, 0) is 9.53 Å². The Morgan fingerprint density at radius 2 is 1.81 bits per heavy atom. The summed E-state index contributed by atoms with van der Waals surface area (Å²) in [5.41, 5.74) is 1.98. The van der Waals surface area contributed by atoms with Crippen LogP contribution in [0, 0.1) is 0 Å². The molecule has 1 aromatic heterocycles. The topological polar surface area (TPSA) is 99.4 Å². The summed E-state index contributed by atoms with van der Waals surface area (Å²) in [5, 5.41) is 10.0. The number of hydrogen-bond acceptors (Lipinski definition) is 8. The van der Waals surface area contributed by atoms with Crippen molar-refractivity contribution in [2.75, 3.05) is 19.8 Å². The lowest BCUT2D eigenvalue weighted by atomic mass is 9.96. The summed E-state index contributed by atoms with van der Waals surface area (Å²) >= 11 is 1.23. The summed E-state index contributed by atoms with van der Waals surface area (Å²) in [6.45, 7) is 8.36. The summed E-state index contributed by atoms with van der Waals surface area (Å²) in [6.07, 6.45) is 1.73. The standard InChI is InChI=1S/C27H28N2O6S/c1-5-33-19-11-9-18(10-12-19)24-23(26(32)35-7-3)16(4)28-27-29(24)25(31)22(36-27)15-17-8-13-20(30)21(14-17)34-6-2/h8-15,24,30H,5-7H2,1-4H3/b22-15-/t24-/m0/s1. The van der Waals surface area contributed by atoms with Crippen LogP contribution < -0.4 is 24.4 Å². The second-order valence-electron chi connectivity index (χ2n) is 7.96. The zero-order chi connectivity index (χ0) is 25.8. The minimum atomic E-state index is -0.697. The minimum Gasteiger partial charge on any atom is -0.504 e. The maximum absolute atomic E-state index is 13.7. The number of thiazole rings is 1. The van der Waals surface area contributed by atoms with Gasteiger partial charge in [-0.05, 0) is 69.2 Å². The van der Waals surface area contributed by atoms with E-state index in [0.717, 1.165) is 5.56 Å². The molecule has 2 heterocycles. The maximum Gasteiger partial charge on any atom is 0.338 e. The number of aromatic hydroxyl groups is 1. The summed E-state index contributed by atoms with van der Waals surface area (Å²) in [6, 6.07) is 11.5. The molecule has 0 aliphatic carbocycles. The molecule has 9 heteroatoms. The molecule has 3 aromatic rings. The van der Waals surface area contributed by atoms with Gasteiger partial charge in [0.1, 0.15) is 5.75 Å². The van der Waals surface area contributed by atoms with Crippen molar-refractivity contribution in [3.8, 4) is 17.2 Å². The van der Waals surface area contributed by atoms with E-state index in [1.54, 1.807) is 32.1 Å². The Bertz CT molecular complexity index is 1480. The van der Waals surface area contributed by atoms with E-state index in [4.69, 9.17) is 14.2 Å². The monoisotopic (exact) mass is 508 g/mol. The Morgan fingerprint density at radius 1 is 1.08 bits per heavy atom. The first-order chi connectivity index (χ1) is 17.4. The van der Waals surface area contributed by atoms with Gasteiger partial charge in [-0.1, -0.05) is 29.5 Å². The number of carbonyl (C=O) groups excluding carboxylic acids is 1. The molecule has 188 valence electrons. The van der Waals surface area contributed by atoms with Crippen molar-refractivity contribution in [1.29, 1.82) is 0 Å². The number of rotatable bonds is 8. The SMILES string of the molecule is CCOC(=O)C1=C(C)N=c2s/c(=C\c3ccc(O)c(OCC)c3)c(=O)n2[C@H]1c1ccc(OCC)cc1. The molecule has 0 saturated heterocycles. The Kier molecular flexibility index (Phi) is 7.59. The molecule has 36 heavy (non-hydrogen) atoms.